The standard InChI is InChI=1S/C20H29BrFNO4Si/c1-12(24)23(13-8-9-13)18-14(19(25)26-5)10-16(22)17(21)15(18)11-27-28(6,7)20(2,3)4/h10,13H,8-9,11H2,1-7H3. The lowest BCUT2D eigenvalue weighted by Gasteiger charge is -2.37. The fourth-order valence-electron chi connectivity index (χ4n) is 2.74. The SMILES string of the molecule is COC(=O)c1cc(F)c(Br)c(CO[Si](C)(C)C(C)(C)C)c1N(C(C)=O)C1CC1. The normalized spacial score (nSPS) is 14.8. The summed E-state index contributed by atoms with van der Waals surface area (Å²) in [4.78, 5) is 26.4. The number of halogens is 2. The molecule has 0 atom stereocenters. The molecule has 0 radical (unpaired) electrons. The number of anilines is 1. The summed E-state index contributed by atoms with van der Waals surface area (Å²) in [6.45, 7) is 12.1. The van der Waals surface area contributed by atoms with Crippen LogP contribution in [0.1, 0.15) is 56.5 Å². The second-order valence-corrected chi connectivity index (χ2v) is 14.3. The van der Waals surface area contributed by atoms with Crippen molar-refractivity contribution >= 4 is 41.8 Å². The molecular weight excluding hydrogens is 445 g/mol. The van der Waals surface area contributed by atoms with Gasteiger partial charge in [0.1, 0.15) is 5.82 Å². The Bertz CT molecular complexity index is 787. The van der Waals surface area contributed by atoms with Crippen molar-refractivity contribution in [2.45, 2.75) is 71.3 Å². The zero-order chi connectivity index (χ0) is 21.4. The second kappa shape index (κ2) is 8.24. The lowest BCUT2D eigenvalue weighted by molar-refractivity contribution is -0.116. The minimum atomic E-state index is -2.14. The number of rotatable bonds is 6. The molecule has 0 unspecified atom stereocenters. The first kappa shape index (κ1) is 23.0. The summed E-state index contributed by atoms with van der Waals surface area (Å²) in [5.74, 6) is -1.46. The van der Waals surface area contributed by atoms with Crippen molar-refractivity contribution in [1.82, 2.24) is 0 Å². The van der Waals surface area contributed by atoms with E-state index in [-0.39, 0.29) is 33.6 Å². The van der Waals surface area contributed by atoms with Gasteiger partial charge in [-0.3, -0.25) is 4.79 Å². The lowest BCUT2D eigenvalue weighted by atomic mass is 10.0. The first-order valence-corrected chi connectivity index (χ1v) is 13.0. The molecule has 1 amide bonds. The topological polar surface area (TPSA) is 55.8 Å². The third kappa shape index (κ3) is 4.66. The Morgan fingerprint density at radius 3 is 2.32 bits per heavy atom. The fraction of sp³-hybridized carbons (Fsp3) is 0.600. The van der Waals surface area contributed by atoms with Crippen LogP contribution in [0.2, 0.25) is 18.1 Å². The van der Waals surface area contributed by atoms with Gasteiger partial charge in [0.15, 0.2) is 8.32 Å². The number of hydrogen-bond donors (Lipinski definition) is 0. The number of carbonyl (C=O) groups excluding carboxylic acids is 2. The molecule has 1 aliphatic carbocycles. The average molecular weight is 474 g/mol. The monoisotopic (exact) mass is 473 g/mol. The van der Waals surface area contributed by atoms with Crippen molar-refractivity contribution in [3.63, 3.8) is 0 Å². The largest absolute Gasteiger partial charge is 0.465 e. The smallest absolute Gasteiger partial charge is 0.340 e. The minimum absolute atomic E-state index is 0.00453. The highest BCUT2D eigenvalue weighted by Crippen LogP contribution is 2.42. The van der Waals surface area contributed by atoms with Gasteiger partial charge >= 0.3 is 5.97 Å². The molecule has 28 heavy (non-hydrogen) atoms. The van der Waals surface area contributed by atoms with Crippen molar-refractivity contribution in [2.75, 3.05) is 12.0 Å². The Kier molecular flexibility index (Phi) is 6.78. The maximum absolute atomic E-state index is 14.6. The quantitative estimate of drug-likeness (QED) is 0.409. The van der Waals surface area contributed by atoms with Gasteiger partial charge in [0.05, 0.1) is 29.4 Å². The average Bonchev–Trinajstić information content (AvgIpc) is 3.40. The van der Waals surface area contributed by atoms with Crippen LogP contribution >= 0.6 is 15.9 Å². The number of methoxy groups -OCH3 is 1. The van der Waals surface area contributed by atoms with Gasteiger partial charge in [-0.05, 0) is 53.0 Å². The second-order valence-electron chi connectivity index (χ2n) is 8.71. The van der Waals surface area contributed by atoms with E-state index in [1.165, 1.54) is 14.0 Å². The molecule has 1 fully saturated rings. The van der Waals surface area contributed by atoms with E-state index in [4.69, 9.17) is 9.16 Å². The van der Waals surface area contributed by atoms with E-state index in [2.05, 4.69) is 49.8 Å². The predicted molar refractivity (Wildman–Crippen MR) is 114 cm³/mol. The van der Waals surface area contributed by atoms with Crippen LogP contribution in [-0.4, -0.2) is 33.3 Å². The van der Waals surface area contributed by atoms with Crippen molar-refractivity contribution in [3.8, 4) is 0 Å². The molecule has 1 aliphatic rings. The predicted octanol–water partition coefficient (Wildman–Crippen LogP) is 5.41. The van der Waals surface area contributed by atoms with Crippen LogP contribution in [0, 0.1) is 5.82 Å². The van der Waals surface area contributed by atoms with Crippen molar-refractivity contribution in [1.29, 1.82) is 0 Å². The Hall–Kier alpha value is -1.25. The van der Waals surface area contributed by atoms with E-state index in [1.54, 1.807) is 4.90 Å². The molecule has 5 nitrogen and oxygen atoms in total. The number of hydrogen-bond acceptors (Lipinski definition) is 4. The summed E-state index contributed by atoms with van der Waals surface area (Å²) in [6, 6.07) is 1.13. The third-order valence-electron chi connectivity index (χ3n) is 5.57. The molecule has 1 saturated carbocycles. The Balaban J connectivity index is 2.63. The van der Waals surface area contributed by atoms with Gasteiger partial charge in [-0.2, -0.15) is 0 Å². The molecule has 2 rings (SSSR count). The van der Waals surface area contributed by atoms with Crippen LogP contribution in [0.4, 0.5) is 10.1 Å². The van der Waals surface area contributed by atoms with E-state index in [0.29, 0.717) is 11.3 Å². The van der Waals surface area contributed by atoms with Gasteiger partial charge in [-0.25, -0.2) is 9.18 Å². The summed E-state index contributed by atoms with van der Waals surface area (Å²) in [5.41, 5.74) is 0.889. The Labute approximate surface area is 175 Å². The van der Waals surface area contributed by atoms with E-state index >= 15 is 0 Å². The molecule has 0 saturated heterocycles. The van der Waals surface area contributed by atoms with Crippen LogP contribution in [0.15, 0.2) is 10.5 Å². The van der Waals surface area contributed by atoms with Crippen LogP contribution in [0.3, 0.4) is 0 Å². The summed E-state index contributed by atoms with van der Waals surface area (Å²) in [7, 11) is -0.897. The zero-order valence-electron chi connectivity index (χ0n) is 17.6. The molecule has 0 N–H and O–H groups in total. The molecule has 0 aromatic heterocycles. The highest BCUT2D eigenvalue weighted by Gasteiger charge is 2.40. The Morgan fingerprint density at radius 1 is 1.32 bits per heavy atom. The van der Waals surface area contributed by atoms with Crippen LogP contribution in [-0.2, 0) is 20.6 Å². The number of carbonyl (C=O) groups is 2. The molecule has 156 valence electrons. The van der Waals surface area contributed by atoms with Crippen LogP contribution < -0.4 is 4.90 Å². The number of ether oxygens (including phenoxy) is 1. The molecule has 0 aliphatic heterocycles. The van der Waals surface area contributed by atoms with E-state index in [0.717, 1.165) is 18.9 Å². The van der Waals surface area contributed by atoms with Gasteiger partial charge < -0.3 is 14.1 Å². The van der Waals surface area contributed by atoms with Gasteiger partial charge in [0.25, 0.3) is 0 Å². The third-order valence-corrected chi connectivity index (χ3v) is 10.9. The number of nitrogens with zero attached hydrogens (tertiary/aromatic N) is 1. The van der Waals surface area contributed by atoms with Crippen molar-refractivity contribution < 1.29 is 23.1 Å². The summed E-state index contributed by atoms with van der Waals surface area (Å²) >= 11 is 3.31. The van der Waals surface area contributed by atoms with Crippen LogP contribution in [0.25, 0.3) is 0 Å². The van der Waals surface area contributed by atoms with Gasteiger partial charge in [-0.15, -0.1) is 0 Å². The molecule has 1 aromatic rings. The molecule has 0 spiro atoms. The van der Waals surface area contributed by atoms with Gasteiger partial charge in [0.2, 0.25) is 5.91 Å². The zero-order valence-corrected chi connectivity index (χ0v) is 20.2. The summed E-state index contributed by atoms with van der Waals surface area (Å²) in [6.07, 6.45) is 1.69. The molecular formula is C20H29BrFNO4Si. The number of benzene rings is 1. The highest BCUT2D eigenvalue weighted by atomic mass is 79.9. The maximum atomic E-state index is 14.6. The summed E-state index contributed by atoms with van der Waals surface area (Å²) in [5, 5.41) is -0.0328. The molecule has 0 heterocycles. The number of esters is 1. The maximum Gasteiger partial charge on any atom is 0.340 e. The van der Waals surface area contributed by atoms with Gasteiger partial charge in [0, 0.05) is 18.5 Å². The minimum Gasteiger partial charge on any atom is -0.465 e. The lowest BCUT2D eigenvalue weighted by Crippen LogP contribution is -2.41. The van der Waals surface area contributed by atoms with E-state index in [1.807, 2.05) is 0 Å². The number of amides is 1. The van der Waals surface area contributed by atoms with Crippen molar-refractivity contribution in [3.05, 3.63) is 27.5 Å². The van der Waals surface area contributed by atoms with E-state index in [9.17, 15) is 14.0 Å². The molecule has 8 heteroatoms. The summed E-state index contributed by atoms with van der Waals surface area (Å²) < 4.78 is 26.0. The first-order valence-electron chi connectivity index (χ1n) is 9.34. The highest BCUT2D eigenvalue weighted by molar-refractivity contribution is 9.10. The fourth-order valence-corrected chi connectivity index (χ4v) is 4.10. The molecule has 0 bridgehead atoms. The van der Waals surface area contributed by atoms with E-state index < -0.39 is 20.1 Å². The molecule has 1 aromatic carbocycles. The Morgan fingerprint density at radius 2 is 1.89 bits per heavy atom. The van der Waals surface area contributed by atoms with Gasteiger partial charge in [-0.1, -0.05) is 20.8 Å². The first-order chi connectivity index (χ1) is 12.8. The van der Waals surface area contributed by atoms with Crippen molar-refractivity contribution in [2.24, 2.45) is 0 Å². The van der Waals surface area contributed by atoms with Crippen LogP contribution in [0.5, 0.6) is 0 Å².